The van der Waals surface area contributed by atoms with E-state index >= 15 is 0 Å². The second kappa shape index (κ2) is 6.97. The van der Waals surface area contributed by atoms with E-state index in [1.54, 1.807) is 18.2 Å². The SMILES string of the molecule is COc1c(N)cccc1C(=O)NCCC(=O)NC(C)(C)C. The average Bonchev–Trinajstić information content (AvgIpc) is 2.36. The normalized spacial score (nSPS) is 10.9. The first-order valence-electron chi connectivity index (χ1n) is 6.76. The quantitative estimate of drug-likeness (QED) is 0.714. The number of ether oxygens (including phenoxy) is 1. The van der Waals surface area contributed by atoms with Gasteiger partial charge in [0.2, 0.25) is 5.91 Å². The summed E-state index contributed by atoms with van der Waals surface area (Å²) < 4.78 is 5.13. The van der Waals surface area contributed by atoms with E-state index < -0.39 is 0 Å². The van der Waals surface area contributed by atoms with Crippen LogP contribution in [0.3, 0.4) is 0 Å². The summed E-state index contributed by atoms with van der Waals surface area (Å²) in [6.45, 7) is 5.96. The summed E-state index contributed by atoms with van der Waals surface area (Å²) in [5, 5.41) is 5.51. The van der Waals surface area contributed by atoms with Crippen molar-refractivity contribution in [2.75, 3.05) is 19.4 Å². The number of hydrogen-bond acceptors (Lipinski definition) is 4. The van der Waals surface area contributed by atoms with E-state index in [9.17, 15) is 9.59 Å². The van der Waals surface area contributed by atoms with Gasteiger partial charge in [-0.3, -0.25) is 9.59 Å². The number of nitrogens with two attached hydrogens (primary N) is 1. The first-order valence-corrected chi connectivity index (χ1v) is 6.76. The molecule has 0 saturated heterocycles. The zero-order chi connectivity index (χ0) is 16.0. The smallest absolute Gasteiger partial charge is 0.255 e. The Bertz CT molecular complexity index is 521. The topological polar surface area (TPSA) is 93.4 Å². The molecule has 0 bridgehead atoms. The maximum atomic E-state index is 12.1. The molecule has 0 radical (unpaired) electrons. The van der Waals surface area contributed by atoms with Crippen molar-refractivity contribution in [2.24, 2.45) is 0 Å². The minimum Gasteiger partial charge on any atom is -0.494 e. The van der Waals surface area contributed by atoms with Crippen LogP contribution in [0.25, 0.3) is 0 Å². The lowest BCUT2D eigenvalue weighted by molar-refractivity contribution is -0.122. The first kappa shape index (κ1) is 16.8. The highest BCUT2D eigenvalue weighted by Crippen LogP contribution is 2.25. The van der Waals surface area contributed by atoms with Crippen LogP contribution in [0.1, 0.15) is 37.6 Å². The third kappa shape index (κ3) is 5.33. The van der Waals surface area contributed by atoms with Gasteiger partial charge in [-0.1, -0.05) is 6.07 Å². The van der Waals surface area contributed by atoms with Gasteiger partial charge in [-0.15, -0.1) is 0 Å². The molecule has 2 amide bonds. The Morgan fingerprint density at radius 1 is 1.29 bits per heavy atom. The molecular weight excluding hydrogens is 270 g/mol. The molecule has 0 aromatic heterocycles. The van der Waals surface area contributed by atoms with Gasteiger partial charge in [0.25, 0.3) is 5.91 Å². The predicted octanol–water partition coefficient (Wildman–Crippen LogP) is 1.31. The number of amides is 2. The van der Waals surface area contributed by atoms with Crippen molar-refractivity contribution in [3.8, 4) is 5.75 Å². The molecule has 0 unspecified atom stereocenters. The van der Waals surface area contributed by atoms with Crippen molar-refractivity contribution >= 4 is 17.5 Å². The molecule has 21 heavy (non-hydrogen) atoms. The zero-order valence-electron chi connectivity index (χ0n) is 12.9. The number of rotatable bonds is 5. The lowest BCUT2D eigenvalue weighted by Crippen LogP contribution is -2.42. The summed E-state index contributed by atoms with van der Waals surface area (Å²) in [7, 11) is 1.46. The molecule has 0 heterocycles. The van der Waals surface area contributed by atoms with Crippen molar-refractivity contribution in [3.05, 3.63) is 23.8 Å². The monoisotopic (exact) mass is 293 g/mol. The Labute approximate surface area is 125 Å². The van der Waals surface area contributed by atoms with Gasteiger partial charge >= 0.3 is 0 Å². The van der Waals surface area contributed by atoms with Gasteiger partial charge in [-0.05, 0) is 32.9 Å². The molecule has 116 valence electrons. The summed E-state index contributed by atoms with van der Waals surface area (Å²) in [5.41, 5.74) is 6.22. The number of nitrogens with one attached hydrogen (secondary N) is 2. The van der Waals surface area contributed by atoms with E-state index in [2.05, 4.69) is 10.6 Å². The summed E-state index contributed by atoms with van der Waals surface area (Å²) in [6.07, 6.45) is 0.216. The van der Waals surface area contributed by atoms with Gasteiger partial charge in [0.05, 0.1) is 18.4 Å². The average molecular weight is 293 g/mol. The van der Waals surface area contributed by atoms with Gasteiger partial charge in [0.15, 0.2) is 5.75 Å². The molecule has 4 N–H and O–H groups in total. The molecule has 0 spiro atoms. The van der Waals surface area contributed by atoms with E-state index in [1.165, 1.54) is 7.11 Å². The maximum Gasteiger partial charge on any atom is 0.255 e. The van der Waals surface area contributed by atoms with Gasteiger partial charge in [-0.2, -0.15) is 0 Å². The standard InChI is InChI=1S/C15H23N3O3/c1-15(2,3)18-12(19)8-9-17-14(20)10-6-5-7-11(16)13(10)21-4/h5-7H,8-9,16H2,1-4H3,(H,17,20)(H,18,19). The van der Waals surface area contributed by atoms with Crippen LogP contribution in [0.2, 0.25) is 0 Å². The summed E-state index contributed by atoms with van der Waals surface area (Å²) in [5.74, 6) is -0.0841. The largest absolute Gasteiger partial charge is 0.494 e. The molecule has 0 aliphatic rings. The van der Waals surface area contributed by atoms with Gasteiger partial charge in [-0.25, -0.2) is 0 Å². The highest BCUT2D eigenvalue weighted by molar-refractivity contribution is 5.98. The zero-order valence-corrected chi connectivity index (χ0v) is 12.9. The highest BCUT2D eigenvalue weighted by atomic mass is 16.5. The van der Waals surface area contributed by atoms with Crippen molar-refractivity contribution in [1.82, 2.24) is 10.6 Å². The van der Waals surface area contributed by atoms with E-state index in [-0.39, 0.29) is 30.3 Å². The fourth-order valence-corrected chi connectivity index (χ4v) is 1.83. The molecule has 0 saturated carbocycles. The number of para-hydroxylation sites is 1. The van der Waals surface area contributed by atoms with Crippen molar-refractivity contribution in [3.63, 3.8) is 0 Å². The number of anilines is 1. The van der Waals surface area contributed by atoms with Crippen LogP contribution in [0.5, 0.6) is 5.75 Å². The van der Waals surface area contributed by atoms with Crippen LogP contribution < -0.4 is 21.1 Å². The fraction of sp³-hybridized carbons (Fsp3) is 0.467. The van der Waals surface area contributed by atoms with Gasteiger partial charge in [0.1, 0.15) is 0 Å². The lowest BCUT2D eigenvalue weighted by Gasteiger charge is -2.20. The molecule has 0 aliphatic heterocycles. The number of carbonyl (C=O) groups is 2. The number of carbonyl (C=O) groups excluding carboxylic acids is 2. The van der Waals surface area contributed by atoms with Crippen LogP contribution in [0, 0.1) is 0 Å². The third-order valence-corrected chi connectivity index (χ3v) is 2.65. The minimum absolute atomic E-state index is 0.109. The van der Waals surface area contributed by atoms with Crippen molar-refractivity contribution in [1.29, 1.82) is 0 Å². The molecular formula is C15H23N3O3. The molecule has 0 atom stereocenters. The van der Waals surface area contributed by atoms with Crippen molar-refractivity contribution < 1.29 is 14.3 Å². The Morgan fingerprint density at radius 3 is 2.52 bits per heavy atom. The molecule has 0 fully saturated rings. The maximum absolute atomic E-state index is 12.1. The van der Waals surface area contributed by atoms with Crippen LogP contribution in [0.15, 0.2) is 18.2 Å². The molecule has 0 aliphatic carbocycles. The van der Waals surface area contributed by atoms with Crippen LogP contribution in [-0.4, -0.2) is 31.0 Å². The van der Waals surface area contributed by atoms with E-state index in [4.69, 9.17) is 10.5 Å². The van der Waals surface area contributed by atoms with E-state index in [0.717, 1.165) is 0 Å². The summed E-state index contributed by atoms with van der Waals surface area (Å²) in [4.78, 5) is 23.7. The van der Waals surface area contributed by atoms with Gasteiger partial charge < -0.3 is 21.1 Å². The number of hydrogen-bond donors (Lipinski definition) is 3. The van der Waals surface area contributed by atoms with Gasteiger partial charge in [0, 0.05) is 18.5 Å². The Hall–Kier alpha value is -2.24. The molecule has 1 aromatic rings. The summed E-state index contributed by atoms with van der Waals surface area (Å²) >= 11 is 0. The summed E-state index contributed by atoms with van der Waals surface area (Å²) in [6, 6.07) is 4.96. The fourth-order valence-electron chi connectivity index (χ4n) is 1.83. The Morgan fingerprint density at radius 2 is 1.95 bits per heavy atom. The number of methoxy groups -OCH3 is 1. The first-order chi connectivity index (χ1) is 9.74. The van der Waals surface area contributed by atoms with Crippen molar-refractivity contribution in [2.45, 2.75) is 32.7 Å². The number of benzene rings is 1. The molecule has 1 rings (SSSR count). The highest BCUT2D eigenvalue weighted by Gasteiger charge is 2.16. The van der Waals surface area contributed by atoms with E-state index in [1.807, 2.05) is 20.8 Å². The molecule has 6 nitrogen and oxygen atoms in total. The predicted molar refractivity (Wildman–Crippen MR) is 82.3 cm³/mol. The third-order valence-electron chi connectivity index (χ3n) is 2.65. The number of nitrogen functional groups attached to an aromatic ring is 1. The minimum atomic E-state index is -0.317. The Balaban J connectivity index is 2.56. The van der Waals surface area contributed by atoms with E-state index in [0.29, 0.717) is 17.0 Å². The van der Waals surface area contributed by atoms with Crippen LogP contribution in [0.4, 0.5) is 5.69 Å². The lowest BCUT2D eigenvalue weighted by atomic mass is 10.1. The molecule has 1 aromatic carbocycles. The van der Waals surface area contributed by atoms with Crippen LogP contribution >= 0.6 is 0 Å². The Kier molecular flexibility index (Phi) is 5.58. The second-order valence-corrected chi connectivity index (χ2v) is 5.73. The van der Waals surface area contributed by atoms with Crippen LogP contribution in [-0.2, 0) is 4.79 Å². The molecule has 6 heteroatoms. The second-order valence-electron chi connectivity index (χ2n) is 5.73.